The number of esters is 2. The fraction of sp³-hybridized carbons (Fsp3) is 0.562. The van der Waals surface area contributed by atoms with E-state index in [0.29, 0.717) is 34.5 Å². The smallest absolute Gasteiger partial charge is 0.347 e. The van der Waals surface area contributed by atoms with Crippen LogP contribution in [0, 0.1) is 23.2 Å². The molecule has 3 aliphatic heterocycles. The highest BCUT2D eigenvalue weighted by atomic mass is 35.5. The van der Waals surface area contributed by atoms with Crippen LogP contribution in [0.2, 0.25) is 5.02 Å². The summed E-state index contributed by atoms with van der Waals surface area (Å²) in [6.07, 6.45) is 2.77. The number of amides is 4. The summed E-state index contributed by atoms with van der Waals surface area (Å²) >= 11 is 6.37. The van der Waals surface area contributed by atoms with Crippen molar-refractivity contribution in [1.29, 1.82) is 0 Å². The highest BCUT2D eigenvalue weighted by molar-refractivity contribution is 6.32. The average molecular weight is 921 g/mol. The van der Waals surface area contributed by atoms with Crippen LogP contribution in [0.1, 0.15) is 89.3 Å². The number of carbonyl (C=O) groups is 7. The van der Waals surface area contributed by atoms with E-state index in [1.807, 2.05) is 25.7 Å². The molecule has 65 heavy (non-hydrogen) atoms. The zero-order chi connectivity index (χ0) is 47.0. The maximum atomic E-state index is 13.9. The second-order valence-corrected chi connectivity index (χ2v) is 19.1. The van der Waals surface area contributed by atoms with Crippen LogP contribution in [-0.2, 0) is 60.8 Å². The van der Waals surface area contributed by atoms with Gasteiger partial charge in [0.25, 0.3) is 11.8 Å². The largest absolute Gasteiger partial charge is 0.495 e. The summed E-state index contributed by atoms with van der Waals surface area (Å²) in [5, 5.41) is 6.53. The predicted molar refractivity (Wildman–Crippen MR) is 239 cm³/mol. The van der Waals surface area contributed by atoms with Crippen molar-refractivity contribution in [3.63, 3.8) is 0 Å². The number of nitrogens with zero attached hydrogens (tertiary/aromatic N) is 3. The van der Waals surface area contributed by atoms with Crippen LogP contribution in [0.15, 0.2) is 54.6 Å². The van der Waals surface area contributed by atoms with Gasteiger partial charge in [0.05, 0.1) is 24.1 Å². The average Bonchev–Trinajstić information content (AvgIpc) is 4.01. The lowest BCUT2D eigenvalue weighted by Crippen LogP contribution is -2.51. The van der Waals surface area contributed by atoms with Gasteiger partial charge in [-0.2, -0.15) is 0 Å². The number of ether oxygens (including phenoxy) is 3. The molecule has 2 unspecified atom stereocenters. The molecule has 1 aliphatic carbocycles. The van der Waals surface area contributed by atoms with E-state index < -0.39 is 65.2 Å². The molecule has 4 amide bonds. The molecular weight excluding hydrogens is 858 g/mol. The molecule has 6 atom stereocenters. The van der Waals surface area contributed by atoms with Crippen LogP contribution in [0.4, 0.5) is 0 Å². The Labute approximate surface area is 385 Å². The van der Waals surface area contributed by atoms with Crippen LogP contribution in [-0.4, -0.2) is 121 Å². The van der Waals surface area contributed by atoms with Crippen molar-refractivity contribution < 1.29 is 52.6 Å². The maximum Gasteiger partial charge on any atom is 0.347 e. The Kier molecular flexibility index (Phi) is 16.5. The van der Waals surface area contributed by atoms with Gasteiger partial charge in [0.15, 0.2) is 6.10 Å². The summed E-state index contributed by atoms with van der Waals surface area (Å²) in [7, 11) is 1.50. The molecule has 2 N–H and O–H groups in total. The first-order valence-electron chi connectivity index (χ1n) is 22.5. The SMILES string of the molecule is COc1ccc(C[C@H]2NC(=O)/C=C/C[C@@H](C(C)[C@H]3CC3c3ccc(CN4CCN(CC(=O)ON5C(=O)CCC5=O)CC4)cc3)OC(=O)[C@H](CC(C)C)OC(=O)C(C)(C)CNC2=O)cc1Cl. The third-order valence-corrected chi connectivity index (χ3v) is 12.9. The minimum absolute atomic E-state index is 0.000492. The molecular formula is C48H62ClN5O11. The molecule has 16 nitrogen and oxygen atoms in total. The summed E-state index contributed by atoms with van der Waals surface area (Å²) in [6, 6.07) is 12.6. The molecule has 1 saturated carbocycles. The summed E-state index contributed by atoms with van der Waals surface area (Å²) < 4.78 is 17.4. The lowest BCUT2D eigenvalue weighted by atomic mass is 9.92. The zero-order valence-corrected chi connectivity index (χ0v) is 38.9. The molecule has 352 valence electrons. The number of carbonyl (C=O) groups excluding carboxylic acids is 7. The Bertz CT molecular complexity index is 2100. The quantitative estimate of drug-likeness (QED) is 0.211. The highest BCUT2D eigenvalue weighted by Crippen LogP contribution is 2.53. The number of rotatable bonds is 13. The molecule has 2 aromatic rings. The molecule has 17 heteroatoms. The van der Waals surface area contributed by atoms with Gasteiger partial charge in [0.2, 0.25) is 11.8 Å². The van der Waals surface area contributed by atoms with Gasteiger partial charge >= 0.3 is 17.9 Å². The molecule has 0 spiro atoms. The van der Waals surface area contributed by atoms with E-state index in [2.05, 4.69) is 39.8 Å². The number of benzene rings is 2. The lowest BCUT2D eigenvalue weighted by Gasteiger charge is -2.34. The minimum Gasteiger partial charge on any atom is -0.495 e. The first kappa shape index (κ1) is 49.1. The van der Waals surface area contributed by atoms with Gasteiger partial charge in [0, 0.05) is 65.0 Å². The summed E-state index contributed by atoms with van der Waals surface area (Å²) in [6.45, 7) is 12.5. The van der Waals surface area contributed by atoms with E-state index in [1.165, 1.54) is 18.7 Å². The van der Waals surface area contributed by atoms with Gasteiger partial charge in [-0.15, -0.1) is 5.06 Å². The zero-order valence-electron chi connectivity index (χ0n) is 38.1. The Balaban J connectivity index is 1.09. The van der Waals surface area contributed by atoms with Crippen molar-refractivity contribution in [2.24, 2.45) is 23.2 Å². The van der Waals surface area contributed by atoms with Crippen LogP contribution in [0.3, 0.4) is 0 Å². The van der Waals surface area contributed by atoms with Crippen molar-refractivity contribution in [2.45, 2.75) is 104 Å². The second-order valence-electron chi connectivity index (χ2n) is 18.7. The molecule has 6 rings (SSSR count). The number of piperazine rings is 1. The van der Waals surface area contributed by atoms with Crippen LogP contribution >= 0.6 is 11.6 Å². The molecule has 3 fully saturated rings. The van der Waals surface area contributed by atoms with E-state index in [4.69, 9.17) is 30.6 Å². The molecule has 0 aromatic heterocycles. The summed E-state index contributed by atoms with van der Waals surface area (Å²) in [5.74, 6) is -3.17. The third kappa shape index (κ3) is 13.4. The van der Waals surface area contributed by atoms with E-state index in [9.17, 15) is 33.6 Å². The summed E-state index contributed by atoms with van der Waals surface area (Å²) in [5.41, 5.74) is 1.78. The highest BCUT2D eigenvalue weighted by Gasteiger charge is 2.46. The monoisotopic (exact) mass is 919 g/mol. The number of methoxy groups -OCH3 is 1. The van der Waals surface area contributed by atoms with Gasteiger partial charge in [0.1, 0.15) is 17.9 Å². The maximum absolute atomic E-state index is 13.9. The lowest BCUT2D eigenvalue weighted by molar-refractivity contribution is -0.198. The van der Waals surface area contributed by atoms with E-state index in [-0.39, 0.29) is 68.9 Å². The number of nitrogens with one attached hydrogen (secondary N) is 2. The summed E-state index contributed by atoms with van der Waals surface area (Å²) in [4.78, 5) is 99.9. The normalized spacial score (nSPS) is 25.9. The van der Waals surface area contributed by atoms with Crippen LogP contribution < -0.4 is 15.4 Å². The van der Waals surface area contributed by atoms with Crippen molar-refractivity contribution in [3.8, 4) is 5.75 Å². The Morgan fingerprint density at radius 3 is 2.22 bits per heavy atom. The first-order valence-corrected chi connectivity index (χ1v) is 22.9. The van der Waals surface area contributed by atoms with E-state index in [1.54, 1.807) is 38.1 Å². The van der Waals surface area contributed by atoms with Crippen molar-refractivity contribution >= 4 is 53.1 Å². The number of hydrogen-bond acceptors (Lipinski definition) is 13. The van der Waals surface area contributed by atoms with Crippen molar-refractivity contribution in [2.75, 3.05) is 46.4 Å². The molecule has 3 heterocycles. The van der Waals surface area contributed by atoms with Crippen molar-refractivity contribution in [1.82, 2.24) is 25.5 Å². The Morgan fingerprint density at radius 1 is 0.908 bits per heavy atom. The van der Waals surface area contributed by atoms with Gasteiger partial charge in [-0.3, -0.25) is 33.8 Å². The van der Waals surface area contributed by atoms with E-state index >= 15 is 0 Å². The fourth-order valence-corrected chi connectivity index (χ4v) is 8.76. The third-order valence-electron chi connectivity index (χ3n) is 12.6. The Hall–Kier alpha value is -5.32. The van der Waals surface area contributed by atoms with Gasteiger partial charge in [-0.1, -0.05) is 68.8 Å². The van der Waals surface area contributed by atoms with Crippen LogP contribution in [0.5, 0.6) is 5.75 Å². The number of hydroxylamine groups is 2. The standard InChI is InChI=1S/C48H62ClN5O11/c1-29(2)22-40-46(60)63-38(8-7-9-41(55)51-37(24-32-12-15-39(62-6)36(49)23-32)45(59)50-28-48(4,5)47(61)64-40)30(3)34-25-35(34)33-13-10-31(11-14-33)26-52-18-20-53(21-19-52)27-44(58)65-54-42(56)16-17-43(54)57/h7,9-15,23,29-30,34-35,37-38,40H,8,16-22,24-28H2,1-6H3,(H,50,59)(H,51,55)/b9-7+/t30?,34-,35?,37-,38+,40+/m1/s1. The predicted octanol–water partition coefficient (Wildman–Crippen LogP) is 4.51. The molecule has 0 radical (unpaired) electrons. The van der Waals surface area contributed by atoms with Gasteiger partial charge in [-0.05, 0) is 85.3 Å². The van der Waals surface area contributed by atoms with Crippen LogP contribution in [0.25, 0.3) is 0 Å². The number of halogens is 1. The number of imide groups is 1. The fourth-order valence-electron chi connectivity index (χ4n) is 8.48. The minimum atomic E-state index is -1.22. The van der Waals surface area contributed by atoms with Gasteiger partial charge < -0.3 is 29.7 Å². The molecule has 4 aliphatic rings. The molecule has 0 bridgehead atoms. The van der Waals surface area contributed by atoms with E-state index in [0.717, 1.165) is 31.6 Å². The first-order chi connectivity index (χ1) is 30.9. The second kappa shape index (κ2) is 21.8. The number of hydrogen-bond donors (Lipinski definition) is 2. The van der Waals surface area contributed by atoms with Gasteiger partial charge in [-0.25, -0.2) is 9.59 Å². The number of cyclic esters (lactones) is 2. The Morgan fingerprint density at radius 2 is 1.57 bits per heavy atom. The topological polar surface area (TPSA) is 190 Å². The van der Waals surface area contributed by atoms with Crippen molar-refractivity contribution in [3.05, 3.63) is 76.3 Å². The molecule has 2 saturated heterocycles. The molecule has 2 aromatic carbocycles.